The number of ketones is 1. The fourth-order valence-corrected chi connectivity index (χ4v) is 2.83. The highest BCUT2D eigenvalue weighted by atomic mass is 16.5. The van der Waals surface area contributed by atoms with E-state index in [0.29, 0.717) is 44.4 Å². The van der Waals surface area contributed by atoms with E-state index in [0.717, 1.165) is 19.4 Å². The predicted octanol–water partition coefficient (Wildman–Crippen LogP) is 0.335. The first-order valence-corrected chi connectivity index (χ1v) is 6.85. The molecule has 0 aromatic carbocycles. The molecule has 1 aliphatic carbocycles. The largest absolute Gasteiger partial charge is 0.378 e. The predicted molar refractivity (Wildman–Crippen MR) is 67.3 cm³/mol. The molecular weight excluding hydrogens is 232 g/mol. The molecule has 0 spiro atoms. The molecule has 1 aliphatic heterocycles. The number of carbonyl (C=O) groups excluding carboxylic acids is 2. The van der Waals surface area contributed by atoms with Gasteiger partial charge in [-0.2, -0.15) is 0 Å². The van der Waals surface area contributed by atoms with Gasteiger partial charge in [0.1, 0.15) is 11.8 Å². The van der Waals surface area contributed by atoms with Crippen molar-refractivity contribution < 1.29 is 14.3 Å². The zero-order chi connectivity index (χ0) is 13.0. The molecule has 5 nitrogen and oxygen atoms in total. The second-order valence-corrected chi connectivity index (χ2v) is 4.99. The van der Waals surface area contributed by atoms with E-state index in [4.69, 9.17) is 4.74 Å². The molecule has 102 valence electrons. The third-order valence-electron chi connectivity index (χ3n) is 3.81. The number of rotatable bonds is 3. The van der Waals surface area contributed by atoms with Gasteiger partial charge >= 0.3 is 0 Å². The van der Waals surface area contributed by atoms with E-state index in [9.17, 15) is 9.59 Å². The van der Waals surface area contributed by atoms with Crippen molar-refractivity contribution in [1.82, 2.24) is 10.2 Å². The summed E-state index contributed by atoms with van der Waals surface area (Å²) >= 11 is 0. The molecule has 1 amide bonds. The second-order valence-electron chi connectivity index (χ2n) is 4.99. The van der Waals surface area contributed by atoms with Crippen molar-refractivity contribution in [3.05, 3.63) is 0 Å². The summed E-state index contributed by atoms with van der Waals surface area (Å²) in [6, 6.07) is 0.177. The molecule has 0 aromatic heterocycles. The molecular formula is C13H22N2O3. The van der Waals surface area contributed by atoms with E-state index in [1.54, 1.807) is 0 Å². The molecule has 2 fully saturated rings. The van der Waals surface area contributed by atoms with E-state index < -0.39 is 0 Å². The van der Waals surface area contributed by atoms with Gasteiger partial charge in [0.05, 0.1) is 13.2 Å². The maximum Gasteiger partial charge on any atom is 0.239 e. The summed E-state index contributed by atoms with van der Waals surface area (Å²) in [7, 11) is 0. The Hall–Kier alpha value is -0.940. The first-order valence-electron chi connectivity index (χ1n) is 6.85. The van der Waals surface area contributed by atoms with Crippen molar-refractivity contribution >= 4 is 11.7 Å². The number of nitrogens with zero attached hydrogens (tertiary/aromatic N) is 1. The highest BCUT2D eigenvalue weighted by molar-refractivity contribution is 5.82. The lowest BCUT2D eigenvalue weighted by atomic mass is 9.92. The van der Waals surface area contributed by atoms with Gasteiger partial charge in [-0.05, 0) is 19.8 Å². The van der Waals surface area contributed by atoms with Crippen molar-refractivity contribution in [2.24, 2.45) is 0 Å². The summed E-state index contributed by atoms with van der Waals surface area (Å²) < 4.78 is 5.42. The first-order chi connectivity index (χ1) is 8.72. The molecule has 1 saturated heterocycles. The van der Waals surface area contributed by atoms with Gasteiger partial charge in [-0.1, -0.05) is 0 Å². The van der Waals surface area contributed by atoms with E-state index >= 15 is 0 Å². The van der Waals surface area contributed by atoms with Gasteiger partial charge in [-0.15, -0.1) is 0 Å². The number of nitrogens with one attached hydrogen (secondary N) is 1. The normalized spacial score (nSPS) is 27.2. The number of Topliss-reactive ketones (excluding diaryl/α,β-unsaturated/α-hetero) is 1. The number of ether oxygens (including phenoxy) is 1. The zero-order valence-corrected chi connectivity index (χ0v) is 11.0. The summed E-state index contributed by atoms with van der Waals surface area (Å²) in [5.41, 5.74) is 0. The Morgan fingerprint density at radius 2 is 2.17 bits per heavy atom. The molecule has 5 heteroatoms. The Bertz CT molecular complexity index is 309. The van der Waals surface area contributed by atoms with Crippen molar-refractivity contribution in [3.63, 3.8) is 0 Å². The quantitative estimate of drug-likeness (QED) is 0.789. The van der Waals surface area contributed by atoms with Gasteiger partial charge in [-0.3, -0.25) is 14.5 Å². The maximum absolute atomic E-state index is 12.0. The minimum absolute atomic E-state index is 0.0501. The maximum atomic E-state index is 12.0. The summed E-state index contributed by atoms with van der Waals surface area (Å²) in [4.78, 5) is 25.5. The summed E-state index contributed by atoms with van der Waals surface area (Å²) in [6.45, 7) is 4.51. The van der Waals surface area contributed by atoms with Crippen LogP contribution in [-0.2, 0) is 14.3 Å². The van der Waals surface area contributed by atoms with E-state index in [2.05, 4.69) is 10.2 Å². The summed E-state index contributed by atoms with van der Waals surface area (Å²) in [5, 5.41) is 2.87. The highest BCUT2D eigenvalue weighted by Gasteiger charge is 2.35. The molecule has 1 atom stereocenters. The van der Waals surface area contributed by atoms with Gasteiger partial charge in [0.2, 0.25) is 5.91 Å². The van der Waals surface area contributed by atoms with Gasteiger partial charge in [-0.25, -0.2) is 0 Å². The van der Waals surface area contributed by atoms with Crippen LogP contribution in [0.3, 0.4) is 0 Å². The first kappa shape index (κ1) is 13.5. The molecule has 18 heavy (non-hydrogen) atoms. The summed E-state index contributed by atoms with van der Waals surface area (Å²) in [5.74, 6) is 0.406. The number of hydrogen-bond acceptors (Lipinski definition) is 4. The van der Waals surface area contributed by atoms with Crippen molar-refractivity contribution in [1.29, 1.82) is 0 Å². The highest BCUT2D eigenvalue weighted by Crippen LogP contribution is 2.24. The SMILES string of the molecule is CCNC(=O)C1COCCN1C1CCC(=O)CC1. The minimum atomic E-state index is -0.183. The Balaban J connectivity index is 1.98. The monoisotopic (exact) mass is 254 g/mol. The van der Waals surface area contributed by atoms with Gasteiger partial charge in [0.25, 0.3) is 0 Å². The van der Waals surface area contributed by atoms with Crippen LogP contribution in [0.5, 0.6) is 0 Å². The van der Waals surface area contributed by atoms with E-state index in [1.807, 2.05) is 6.92 Å². The average Bonchev–Trinajstić information content (AvgIpc) is 2.40. The van der Waals surface area contributed by atoms with Gasteiger partial charge in [0.15, 0.2) is 0 Å². The van der Waals surface area contributed by atoms with Crippen LogP contribution in [0.15, 0.2) is 0 Å². The van der Waals surface area contributed by atoms with Crippen LogP contribution in [0.2, 0.25) is 0 Å². The smallest absolute Gasteiger partial charge is 0.239 e. The Morgan fingerprint density at radius 1 is 1.44 bits per heavy atom. The third-order valence-corrected chi connectivity index (χ3v) is 3.81. The lowest BCUT2D eigenvalue weighted by molar-refractivity contribution is -0.135. The molecule has 1 saturated carbocycles. The number of morpholine rings is 1. The number of carbonyl (C=O) groups is 2. The van der Waals surface area contributed by atoms with Crippen LogP contribution in [-0.4, -0.2) is 55.0 Å². The van der Waals surface area contributed by atoms with Crippen molar-refractivity contribution in [3.8, 4) is 0 Å². The topological polar surface area (TPSA) is 58.6 Å². The number of hydrogen-bond donors (Lipinski definition) is 1. The van der Waals surface area contributed by atoms with Crippen LogP contribution >= 0.6 is 0 Å². The Kier molecular flexibility index (Phi) is 4.72. The Labute approximate surface area is 108 Å². The number of amides is 1. The van der Waals surface area contributed by atoms with Crippen LogP contribution < -0.4 is 5.32 Å². The molecule has 0 aromatic rings. The van der Waals surface area contributed by atoms with Crippen molar-refractivity contribution in [2.45, 2.75) is 44.7 Å². The lowest BCUT2D eigenvalue weighted by Crippen LogP contribution is -2.57. The van der Waals surface area contributed by atoms with Crippen LogP contribution in [0.1, 0.15) is 32.6 Å². The van der Waals surface area contributed by atoms with E-state index in [-0.39, 0.29) is 11.9 Å². The van der Waals surface area contributed by atoms with Crippen LogP contribution in [0.4, 0.5) is 0 Å². The molecule has 2 rings (SSSR count). The molecule has 1 heterocycles. The van der Waals surface area contributed by atoms with Crippen molar-refractivity contribution in [2.75, 3.05) is 26.3 Å². The van der Waals surface area contributed by atoms with Gasteiger partial charge in [0, 0.05) is 32.0 Å². The standard InChI is InChI=1S/C13H22N2O3/c1-2-14-13(17)12-9-18-8-7-15(12)10-3-5-11(16)6-4-10/h10,12H,2-9H2,1H3,(H,14,17). The third kappa shape index (κ3) is 3.09. The molecule has 1 unspecified atom stereocenters. The molecule has 0 bridgehead atoms. The Morgan fingerprint density at radius 3 is 2.83 bits per heavy atom. The van der Waals surface area contributed by atoms with Gasteiger partial charge < -0.3 is 10.1 Å². The fourth-order valence-electron chi connectivity index (χ4n) is 2.83. The van der Waals surface area contributed by atoms with Crippen LogP contribution in [0, 0.1) is 0 Å². The fraction of sp³-hybridized carbons (Fsp3) is 0.846. The molecule has 0 radical (unpaired) electrons. The molecule has 1 N–H and O–H groups in total. The average molecular weight is 254 g/mol. The summed E-state index contributed by atoms with van der Waals surface area (Å²) in [6.07, 6.45) is 3.08. The lowest BCUT2D eigenvalue weighted by Gasteiger charge is -2.41. The zero-order valence-electron chi connectivity index (χ0n) is 11.0. The van der Waals surface area contributed by atoms with Crippen LogP contribution in [0.25, 0.3) is 0 Å². The second kappa shape index (κ2) is 6.29. The number of likely N-dealkylation sites (N-methyl/N-ethyl adjacent to an activating group) is 1. The molecule has 2 aliphatic rings. The minimum Gasteiger partial charge on any atom is -0.378 e. The van der Waals surface area contributed by atoms with E-state index in [1.165, 1.54) is 0 Å².